The van der Waals surface area contributed by atoms with Gasteiger partial charge in [0.05, 0.1) is 0 Å². The van der Waals surface area contributed by atoms with Gasteiger partial charge in [-0.1, -0.05) is 20.8 Å². The lowest BCUT2D eigenvalue weighted by atomic mass is 9.82. The number of nitrogens with one attached hydrogen (secondary N) is 1. The van der Waals surface area contributed by atoms with Gasteiger partial charge in [0.15, 0.2) is 0 Å². The van der Waals surface area contributed by atoms with Crippen LogP contribution in [0.25, 0.3) is 0 Å². The lowest BCUT2D eigenvalue weighted by Crippen LogP contribution is -2.46. The molecule has 1 N–H and O–H groups in total. The molecule has 3 nitrogen and oxygen atoms in total. The molecule has 0 heterocycles. The number of rotatable bonds is 5. The van der Waals surface area contributed by atoms with E-state index in [1.54, 1.807) is 0 Å². The van der Waals surface area contributed by atoms with Gasteiger partial charge in [0.1, 0.15) is 0 Å². The third-order valence-corrected chi connectivity index (χ3v) is 2.24. The van der Waals surface area contributed by atoms with Crippen LogP contribution in [0.3, 0.4) is 0 Å². The highest BCUT2D eigenvalue weighted by molar-refractivity contribution is 5.76. The van der Waals surface area contributed by atoms with E-state index in [-0.39, 0.29) is 16.9 Å². The molecule has 0 aliphatic carbocycles. The number of amides is 1. The smallest absolute Gasteiger partial charge is 0.221 e. The van der Waals surface area contributed by atoms with Crippen LogP contribution in [0.1, 0.15) is 47.5 Å². The van der Waals surface area contributed by atoms with Crippen LogP contribution in [-0.4, -0.2) is 37.0 Å². The molecule has 1 amide bonds. The lowest BCUT2D eigenvalue weighted by Gasteiger charge is -2.33. The van der Waals surface area contributed by atoms with Crippen molar-refractivity contribution in [3.8, 4) is 0 Å². The molecule has 0 atom stereocenters. The summed E-state index contributed by atoms with van der Waals surface area (Å²) in [4.78, 5) is 13.7. The Morgan fingerprint density at radius 3 is 2.00 bits per heavy atom. The maximum atomic E-state index is 11.7. The second-order valence-electron chi connectivity index (χ2n) is 6.72. The molecule has 96 valence electrons. The first-order valence-corrected chi connectivity index (χ1v) is 5.98. The number of carbonyl (C=O) groups excluding carboxylic acids is 1. The van der Waals surface area contributed by atoms with Gasteiger partial charge >= 0.3 is 0 Å². The van der Waals surface area contributed by atoms with Crippen molar-refractivity contribution in [2.24, 2.45) is 5.41 Å². The molecular formula is C13H28N2O. The maximum Gasteiger partial charge on any atom is 0.221 e. The second-order valence-corrected chi connectivity index (χ2v) is 6.72. The Hall–Kier alpha value is -0.570. The van der Waals surface area contributed by atoms with E-state index in [1.165, 1.54) is 0 Å². The molecular weight excluding hydrogens is 200 g/mol. The molecule has 0 unspecified atom stereocenters. The topological polar surface area (TPSA) is 32.3 Å². The van der Waals surface area contributed by atoms with Gasteiger partial charge in [-0.25, -0.2) is 0 Å². The predicted molar refractivity (Wildman–Crippen MR) is 69.5 cm³/mol. The second kappa shape index (κ2) is 5.67. The van der Waals surface area contributed by atoms with E-state index in [1.807, 2.05) is 19.0 Å². The maximum absolute atomic E-state index is 11.7. The standard InChI is InChI=1S/C13H28N2O/c1-12(2,3)10-13(4,5)14-11(16)8-9-15(6)7/h8-10H2,1-7H3,(H,14,16). The predicted octanol–water partition coefficient (Wildman–Crippen LogP) is 2.27. The van der Waals surface area contributed by atoms with Gasteiger partial charge in [-0.3, -0.25) is 4.79 Å². The molecule has 0 saturated heterocycles. The van der Waals surface area contributed by atoms with Gasteiger partial charge in [0.25, 0.3) is 0 Å². The van der Waals surface area contributed by atoms with Crippen molar-refractivity contribution < 1.29 is 4.79 Å². The molecule has 0 aliphatic heterocycles. The molecule has 0 bridgehead atoms. The highest BCUT2D eigenvalue weighted by Crippen LogP contribution is 2.26. The zero-order valence-electron chi connectivity index (χ0n) is 12.0. The Kier molecular flexibility index (Phi) is 5.47. The summed E-state index contributed by atoms with van der Waals surface area (Å²) in [7, 11) is 3.96. The summed E-state index contributed by atoms with van der Waals surface area (Å²) in [6, 6.07) is 0. The Bertz CT molecular complexity index is 227. The highest BCUT2D eigenvalue weighted by Gasteiger charge is 2.26. The van der Waals surface area contributed by atoms with Crippen molar-refractivity contribution in [2.45, 2.75) is 53.0 Å². The van der Waals surface area contributed by atoms with Gasteiger partial charge in [-0.2, -0.15) is 0 Å². The van der Waals surface area contributed by atoms with Crippen LogP contribution in [0.15, 0.2) is 0 Å². The fourth-order valence-electron chi connectivity index (χ4n) is 2.14. The molecule has 3 heteroatoms. The lowest BCUT2D eigenvalue weighted by molar-refractivity contribution is -0.123. The number of carbonyl (C=O) groups is 1. The number of hydrogen-bond acceptors (Lipinski definition) is 2. The third-order valence-electron chi connectivity index (χ3n) is 2.24. The SMILES string of the molecule is CN(C)CCC(=O)NC(C)(C)CC(C)(C)C. The molecule has 0 saturated carbocycles. The van der Waals surface area contributed by atoms with Crippen molar-refractivity contribution >= 4 is 5.91 Å². The Labute approximate surface area is 101 Å². The molecule has 0 spiro atoms. The van der Waals surface area contributed by atoms with Gasteiger partial charge in [-0.15, -0.1) is 0 Å². The van der Waals surface area contributed by atoms with E-state index < -0.39 is 0 Å². The summed E-state index contributed by atoms with van der Waals surface area (Å²) in [5.74, 6) is 0.142. The van der Waals surface area contributed by atoms with Crippen molar-refractivity contribution in [1.29, 1.82) is 0 Å². The van der Waals surface area contributed by atoms with Crippen molar-refractivity contribution in [3.05, 3.63) is 0 Å². The van der Waals surface area contributed by atoms with E-state index in [0.29, 0.717) is 6.42 Å². The minimum atomic E-state index is -0.123. The van der Waals surface area contributed by atoms with Crippen LogP contribution in [0, 0.1) is 5.41 Å². The molecule has 0 radical (unpaired) electrons. The summed E-state index contributed by atoms with van der Waals surface area (Å²) >= 11 is 0. The zero-order chi connectivity index (χ0) is 13.0. The fraction of sp³-hybridized carbons (Fsp3) is 0.923. The van der Waals surface area contributed by atoms with Crippen molar-refractivity contribution in [1.82, 2.24) is 10.2 Å². The molecule has 0 aliphatic rings. The van der Waals surface area contributed by atoms with E-state index in [9.17, 15) is 4.79 Å². The molecule has 16 heavy (non-hydrogen) atoms. The molecule has 0 aromatic heterocycles. The van der Waals surface area contributed by atoms with E-state index >= 15 is 0 Å². The Morgan fingerprint density at radius 1 is 1.12 bits per heavy atom. The highest BCUT2D eigenvalue weighted by atomic mass is 16.1. The van der Waals surface area contributed by atoms with Gasteiger partial charge in [0, 0.05) is 18.5 Å². The average Bonchev–Trinajstić information content (AvgIpc) is 1.94. The Balaban J connectivity index is 4.10. The Morgan fingerprint density at radius 2 is 1.62 bits per heavy atom. The van der Waals surface area contributed by atoms with Gasteiger partial charge in [-0.05, 0) is 39.8 Å². The summed E-state index contributed by atoms with van der Waals surface area (Å²) in [5, 5.41) is 3.10. The minimum absolute atomic E-state index is 0.123. The van der Waals surface area contributed by atoms with Gasteiger partial charge < -0.3 is 10.2 Å². The monoisotopic (exact) mass is 228 g/mol. The van der Waals surface area contributed by atoms with Crippen LogP contribution in [0.4, 0.5) is 0 Å². The van der Waals surface area contributed by atoms with Gasteiger partial charge in [0.2, 0.25) is 5.91 Å². The van der Waals surface area contributed by atoms with E-state index in [2.05, 4.69) is 39.9 Å². The van der Waals surface area contributed by atoms with Crippen LogP contribution < -0.4 is 5.32 Å². The van der Waals surface area contributed by atoms with Crippen molar-refractivity contribution in [2.75, 3.05) is 20.6 Å². The molecule has 0 aromatic carbocycles. The largest absolute Gasteiger partial charge is 0.351 e. The van der Waals surface area contributed by atoms with E-state index in [4.69, 9.17) is 0 Å². The quantitative estimate of drug-likeness (QED) is 0.783. The third kappa shape index (κ3) is 8.72. The normalized spacial score (nSPS) is 13.0. The average molecular weight is 228 g/mol. The number of hydrogen-bond donors (Lipinski definition) is 1. The first-order valence-electron chi connectivity index (χ1n) is 5.98. The first-order chi connectivity index (χ1) is 7.02. The summed E-state index contributed by atoms with van der Waals surface area (Å²) in [5.41, 5.74) is 0.111. The first kappa shape index (κ1) is 15.4. The minimum Gasteiger partial charge on any atom is -0.351 e. The summed E-state index contributed by atoms with van der Waals surface area (Å²) < 4.78 is 0. The number of nitrogens with zero attached hydrogens (tertiary/aromatic N) is 1. The summed E-state index contributed by atoms with van der Waals surface area (Å²) in [6.07, 6.45) is 1.55. The van der Waals surface area contributed by atoms with Crippen LogP contribution in [-0.2, 0) is 4.79 Å². The molecule has 0 aromatic rings. The summed E-state index contributed by atoms with van der Waals surface area (Å²) in [6.45, 7) is 11.6. The fourth-order valence-corrected chi connectivity index (χ4v) is 2.14. The molecule has 0 rings (SSSR count). The van der Waals surface area contributed by atoms with Crippen LogP contribution in [0.5, 0.6) is 0 Å². The van der Waals surface area contributed by atoms with Crippen LogP contribution >= 0.6 is 0 Å². The zero-order valence-corrected chi connectivity index (χ0v) is 12.0. The van der Waals surface area contributed by atoms with E-state index in [0.717, 1.165) is 13.0 Å². The molecule has 0 fully saturated rings. The van der Waals surface area contributed by atoms with Crippen LogP contribution in [0.2, 0.25) is 0 Å². The van der Waals surface area contributed by atoms with Crippen molar-refractivity contribution in [3.63, 3.8) is 0 Å².